The number of hydrogen-bond acceptors (Lipinski definition) is 5. The van der Waals surface area contributed by atoms with Crippen molar-refractivity contribution in [2.75, 3.05) is 0 Å². The number of carbonyl (C=O) groups is 1. The molecule has 2 heterocycles. The van der Waals surface area contributed by atoms with Gasteiger partial charge in [-0.1, -0.05) is 31.5 Å². The average Bonchev–Trinajstić information content (AvgIpc) is 3.29. The first-order chi connectivity index (χ1) is 12.8. The van der Waals surface area contributed by atoms with E-state index in [0.29, 0.717) is 19.3 Å². The van der Waals surface area contributed by atoms with Crippen molar-refractivity contribution in [3.05, 3.63) is 29.8 Å². The molecule has 0 unspecified atom stereocenters. The molecule has 6 heteroatoms. The predicted octanol–water partition coefficient (Wildman–Crippen LogP) is 2.83. The molecule has 5 atom stereocenters. The Morgan fingerprint density at radius 3 is 2.18 bits per heavy atom. The number of fused-ring (bicyclic) bond motifs is 6. The van der Waals surface area contributed by atoms with E-state index in [2.05, 4.69) is 0 Å². The molecule has 0 aromatic heterocycles. The van der Waals surface area contributed by atoms with Gasteiger partial charge in [-0.25, -0.2) is 8.42 Å². The molecule has 2 bridgehead atoms. The minimum absolute atomic E-state index is 0.168. The first kappa shape index (κ1) is 18.8. The quantitative estimate of drug-likeness (QED) is 0.820. The lowest BCUT2D eigenvalue weighted by molar-refractivity contribution is -0.134. The summed E-state index contributed by atoms with van der Waals surface area (Å²) in [5.74, 6) is -0.801. The van der Waals surface area contributed by atoms with Gasteiger partial charge >= 0.3 is 0 Å². The molecule has 4 fully saturated rings. The van der Waals surface area contributed by atoms with Crippen LogP contribution in [0.1, 0.15) is 52.5 Å². The Balaban J connectivity index is 1.83. The summed E-state index contributed by atoms with van der Waals surface area (Å²) in [6.07, 6.45) is 1.12. The molecule has 28 heavy (non-hydrogen) atoms. The van der Waals surface area contributed by atoms with Crippen molar-refractivity contribution in [2.45, 2.75) is 80.8 Å². The normalized spacial score (nSPS) is 44.9. The van der Waals surface area contributed by atoms with Gasteiger partial charge in [0.25, 0.3) is 0 Å². The molecule has 1 aromatic rings. The Labute approximate surface area is 166 Å². The van der Waals surface area contributed by atoms with E-state index in [1.165, 1.54) is 0 Å². The zero-order valence-electron chi connectivity index (χ0n) is 17.1. The monoisotopic (exact) mass is 404 g/mol. The van der Waals surface area contributed by atoms with Crippen LogP contribution < -0.4 is 0 Å². The fraction of sp³-hybridized carbons (Fsp3) is 0.682. The minimum atomic E-state index is -4.03. The van der Waals surface area contributed by atoms with Gasteiger partial charge in [-0.2, -0.15) is 0 Å². The predicted molar refractivity (Wildman–Crippen MR) is 104 cm³/mol. The number of carbonyl (C=O) groups excluding carboxylic acids is 1. The summed E-state index contributed by atoms with van der Waals surface area (Å²) in [5.41, 5.74) is -2.85. The zero-order chi connectivity index (χ0) is 20.5. The van der Waals surface area contributed by atoms with Crippen molar-refractivity contribution in [1.29, 1.82) is 0 Å². The maximum atomic E-state index is 14.2. The fourth-order valence-electron chi connectivity index (χ4n) is 7.09. The summed E-state index contributed by atoms with van der Waals surface area (Å²) in [7, 11) is -4.03. The van der Waals surface area contributed by atoms with Crippen molar-refractivity contribution >= 4 is 15.6 Å². The molecule has 1 spiro atoms. The first-order valence-corrected chi connectivity index (χ1v) is 11.5. The summed E-state index contributed by atoms with van der Waals surface area (Å²) < 4.78 is 33.1. The van der Waals surface area contributed by atoms with Gasteiger partial charge in [-0.15, -0.1) is 0 Å². The molecule has 4 aliphatic rings. The summed E-state index contributed by atoms with van der Waals surface area (Å²) >= 11 is 0. The largest absolute Gasteiger partial charge is 0.387 e. The maximum Gasteiger partial charge on any atom is 0.194 e. The Morgan fingerprint density at radius 1 is 1.07 bits per heavy atom. The van der Waals surface area contributed by atoms with Gasteiger partial charge in [0.1, 0.15) is 5.60 Å². The highest BCUT2D eigenvalue weighted by atomic mass is 32.2. The number of aryl methyl sites for hydroxylation is 1. The second-order valence-electron chi connectivity index (χ2n) is 10.4. The summed E-state index contributed by atoms with van der Waals surface area (Å²) in [4.78, 5) is 14.1. The smallest absolute Gasteiger partial charge is 0.194 e. The van der Waals surface area contributed by atoms with Gasteiger partial charge in [0.2, 0.25) is 0 Å². The Kier molecular flexibility index (Phi) is 3.17. The lowest BCUT2D eigenvalue weighted by atomic mass is 9.58. The van der Waals surface area contributed by atoms with Crippen LogP contribution in [0.3, 0.4) is 0 Å². The van der Waals surface area contributed by atoms with Crippen molar-refractivity contribution in [3.63, 3.8) is 0 Å². The Bertz CT molecular complexity index is 1000. The highest BCUT2D eigenvalue weighted by Crippen LogP contribution is 2.80. The van der Waals surface area contributed by atoms with Gasteiger partial charge in [0.15, 0.2) is 20.4 Å². The van der Waals surface area contributed by atoms with Crippen LogP contribution in [0.2, 0.25) is 0 Å². The van der Waals surface area contributed by atoms with Crippen LogP contribution in [-0.4, -0.2) is 41.4 Å². The van der Waals surface area contributed by atoms with Crippen LogP contribution in [0.25, 0.3) is 0 Å². The van der Waals surface area contributed by atoms with Crippen LogP contribution in [0.5, 0.6) is 0 Å². The first-order valence-electron chi connectivity index (χ1n) is 10.1. The molecular weight excluding hydrogens is 376 g/mol. The molecule has 2 aliphatic carbocycles. The van der Waals surface area contributed by atoms with E-state index in [1.54, 1.807) is 38.1 Å². The number of sulfone groups is 1. The SMILES string of the molecule is Cc1ccc(S(=O)(=O)[C@]23C(=O)C(C)(C)C[C@H]2[C@H]2O[C@]3(C)C3(CC3)[C@@]2(C)O)cc1. The van der Waals surface area contributed by atoms with E-state index >= 15 is 0 Å². The van der Waals surface area contributed by atoms with Crippen LogP contribution in [0, 0.1) is 23.7 Å². The number of aliphatic hydroxyl groups is 1. The summed E-state index contributed by atoms with van der Waals surface area (Å²) in [5, 5.41) is 11.4. The van der Waals surface area contributed by atoms with Gasteiger partial charge in [-0.3, -0.25) is 4.79 Å². The highest BCUT2D eigenvalue weighted by Gasteiger charge is 2.93. The maximum absolute atomic E-state index is 14.2. The zero-order valence-corrected chi connectivity index (χ0v) is 17.9. The summed E-state index contributed by atoms with van der Waals surface area (Å²) in [6.45, 7) is 9.11. The third-order valence-electron chi connectivity index (χ3n) is 8.58. The van der Waals surface area contributed by atoms with Gasteiger partial charge in [0.05, 0.1) is 16.6 Å². The fourth-order valence-corrected chi connectivity index (χ4v) is 9.84. The lowest BCUT2D eigenvalue weighted by Crippen LogP contribution is -2.71. The van der Waals surface area contributed by atoms with Crippen molar-refractivity contribution in [1.82, 2.24) is 0 Å². The Hall–Kier alpha value is -1.24. The number of benzene rings is 1. The van der Waals surface area contributed by atoms with Crippen molar-refractivity contribution in [2.24, 2.45) is 16.7 Å². The standard InChI is InChI=1S/C22H28O5S/c1-13-6-8-14(9-7-13)28(25,26)22-15(12-18(2,3)17(22)23)16-19(4,24)21(10-11-21)20(22,5)27-16/h6-9,15-16,24H,10-12H2,1-5H3/t15-,16+,19-,20+,22-/m0/s1. The van der Waals surface area contributed by atoms with Crippen LogP contribution in [0.4, 0.5) is 0 Å². The molecule has 2 aliphatic heterocycles. The molecule has 0 radical (unpaired) electrons. The number of ether oxygens (including phenoxy) is 1. The van der Waals surface area contributed by atoms with E-state index in [-0.39, 0.29) is 10.7 Å². The second kappa shape index (κ2) is 4.73. The molecule has 2 saturated heterocycles. The number of ketones is 1. The average molecular weight is 405 g/mol. The van der Waals surface area contributed by atoms with Crippen molar-refractivity contribution < 1.29 is 23.1 Å². The van der Waals surface area contributed by atoms with Crippen LogP contribution in [-0.2, 0) is 19.4 Å². The lowest BCUT2D eigenvalue weighted by Gasteiger charge is -2.50. The van der Waals surface area contributed by atoms with E-state index in [9.17, 15) is 18.3 Å². The summed E-state index contributed by atoms with van der Waals surface area (Å²) in [6, 6.07) is 6.73. The third-order valence-corrected chi connectivity index (χ3v) is 11.2. The van der Waals surface area contributed by atoms with Crippen LogP contribution >= 0.6 is 0 Å². The van der Waals surface area contributed by atoms with Gasteiger partial charge < -0.3 is 9.84 Å². The molecule has 2 saturated carbocycles. The van der Waals surface area contributed by atoms with Gasteiger partial charge in [-0.05, 0) is 52.2 Å². The molecule has 0 amide bonds. The molecule has 5 rings (SSSR count). The van der Waals surface area contributed by atoms with Gasteiger partial charge in [0, 0.05) is 16.7 Å². The molecule has 5 nitrogen and oxygen atoms in total. The van der Waals surface area contributed by atoms with Crippen LogP contribution in [0.15, 0.2) is 29.2 Å². The third kappa shape index (κ3) is 1.59. The number of Topliss-reactive ketones (excluding diaryl/α,β-unsaturated/α-hetero) is 1. The second-order valence-corrected chi connectivity index (χ2v) is 12.5. The van der Waals surface area contributed by atoms with E-state index < -0.39 is 48.6 Å². The minimum Gasteiger partial charge on any atom is -0.387 e. The van der Waals surface area contributed by atoms with Crippen molar-refractivity contribution in [3.8, 4) is 0 Å². The molecule has 1 N–H and O–H groups in total. The molecule has 1 aromatic carbocycles. The number of rotatable bonds is 2. The van der Waals surface area contributed by atoms with E-state index in [0.717, 1.165) is 5.56 Å². The topological polar surface area (TPSA) is 80.7 Å². The Morgan fingerprint density at radius 2 is 1.64 bits per heavy atom. The van der Waals surface area contributed by atoms with E-state index in [4.69, 9.17) is 4.74 Å². The highest BCUT2D eigenvalue weighted by molar-refractivity contribution is 7.93. The molecule has 152 valence electrons. The number of hydrogen-bond donors (Lipinski definition) is 1. The van der Waals surface area contributed by atoms with E-state index in [1.807, 2.05) is 20.8 Å². The molecular formula is C22H28O5S.